The molecule has 0 atom stereocenters. The average Bonchev–Trinajstić information content (AvgIpc) is 2.27. The zero-order valence-electron chi connectivity index (χ0n) is 11.4. The molecule has 19 heavy (non-hydrogen) atoms. The summed E-state index contributed by atoms with van der Waals surface area (Å²) < 4.78 is 0. The zero-order valence-corrected chi connectivity index (χ0v) is 11.4. The van der Waals surface area contributed by atoms with Gasteiger partial charge in [0.15, 0.2) is 0 Å². The number of hydrogen-bond acceptors (Lipinski definition) is 3. The van der Waals surface area contributed by atoms with E-state index in [0.29, 0.717) is 12.5 Å². The molecule has 0 radical (unpaired) electrons. The quantitative estimate of drug-likeness (QED) is 0.772. The fourth-order valence-electron chi connectivity index (χ4n) is 1.85. The molecule has 1 rings (SSSR count). The molecule has 2 amide bonds. The maximum atomic E-state index is 11.9. The molecule has 5 heteroatoms. The number of para-hydroxylation sites is 1. The highest BCUT2D eigenvalue weighted by atomic mass is 16.2. The summed E-state index contributed by atoms with van der Waals surface area (Å²) in [5, 5.41) is 2.79. The number of nitrogens with two attached hydrogens (primary N) is 1. The Balaban J connectivity index is 2.53. The number of amides is 2. The third-order valence-corrected chi connectivity index (χ3v) is 2.43. The van der Waals surface area contributed by atoms with Crippen molar-refractivity contribution in [2.24, 2.45) is 11.7 Å². The molecular weight excluding hydrogens is 242 g/mol. The van der Waals surface area contributed by atoms with E-state index in [1.165, 1.54) is 0 Å². The Labute approximate surface area is 113 Å². The summed E-state index contributed by atoms with van der Waals surface area (Å²) in [6.45, 7) is 4.98. The maximum Gasteiger partial charge on any atom is 0.238 e. The largest absolute Gasteiger partial charge is 0.369 e. The molecule has 0 bridgehead atoms. The normalized spacial score (nSPS) is 10.7. The predicted octanol–water partition coefficient (Wildman–Crippen LogP) is 1.07. The van der Waals surface area contributed by atoms with Gasteiger partial charge in [0.2, 0.25) is 11.8 Å². The van der Waals surface area contributed by atoms with E-state index in [4.69, 9.17) is 5.73 Å². The van der Waals surface area contributed by atoms with Gasteiger partial charge in [0.05, 0.1) is 13.1 Å². The summed E-state index contributed by atoms with van der Waals surface area (Å²) in [7, 11) is 0. The number of benzene rings is 1. The Hall–Kier alpha value is -1.88. The molecule has 0 unspecified atom stereocenters. The van der Waals surface area contributed by atoms with Gasteiger partial charge in [-0.2, -0.15) is 0 Å². The van der Waals surface area contributed by atoms with Gasteiger partial charge >= 0.3 is 0 Å². The molecule has 0 aromatic heterocycles. The number of carbonyl (C=O) groups excluding carboxylic acids is 2. The molecule has 0 heterocycles. The van der Waals surface area contributed by atoms with Crippen molar-refractivity contribution in [1.29, 1.82) is 0 Å². The molecule has 0 spiro atoms. The van der Waals surface area contributed by atoms with Gasteiger partial charge < -0.3 is 11.1 Å². The molecule has 1 aromatic rings. The summed E-state index contributed by atoms with van der Waals surface area (Å²) in [6, 6.07) is 9.22. The van der Waals surface area contributed by atoms with E-state index in [9.17, 15) is 9.59 Å². The van der Waals surface area contributed by atoms with Gasteiger partial charge in [0.1, 0.15) is 0 Å². The lowest BCUT2D eigenvalue weighted by molar-refractivity contribution is -0.121. The third-order valence-electron chi connectivity index (χ3n) is 2.43. The molecular formula is C14H21N3O2. The second-order valence-corrected chi connectivity index (χ2v) is 4.94. The zero-order chi connectivity index (χ0) is 14.3. The highest BCUT2D eigenvalue weighted by molar-refractivity contribution is 5.92. The van der Waals surface area contributed by atoms with Crippen molar-refractivity contribution in [2.75, 3.05) is 25.0 Å². The molecule has 1 aromatic carbocycles. The van der Waals surface area contributed by atoms with Crippen molar-refractivity contribution < 1.29 is 9.59 Å². The van der Waals surface area contributed by atoms with E-state index >= 15 is 0 Å². The van der Waals surface area contributed by atoms with Crippen LogP contribution in [0.1, 0.15) is 13.8 Å². The Bertz CT molecular complexity index is 418. The first kappa shape index (κ1) is 15.2. The van der Waals surface area contributed by atoms with Crippen LogP contribution < -0.4 is 11.1 Å². The van der Waals surface area contributed by atoms with Crippen molar-refractivity contribution in [2.45, 2.75) is 13.8 Å². The number of anilines is 1. The van der Waals surface area contributed by atoms with Gasteiger partial charge in [-0.15, -0.1) is 0 Å². The van der Waals surface area contributed by atoms with Gasteiger partial charge in [0, 0.05) is 12.2 Å². The average molecular weight is 263 g/mol. The van der Waals surface area contributed by atoms with Crippen molar-refractivity contribution in [3.8, 4) is 0 Å². The second kappa shape index (κ2) is 7.53. The van der Waals surface area contributed by atoms with Crippen LogP contribution in [0.2, 0.25) is 0 Å². The summed E-state index contributed by atoms with van der Waals surface area (Å²) >= 11 is 0. The Morgan fingerprint density at radius 2 is 1.84 bits per heavy atom. The van der Waals surface area contributed by atoms with Crippen LogP contribution in [-0.2, 0) is 9.59 Å². The molecule has 0 aliphatic carbocycles. The van der Waals surface area contributed by atoms with E-state index in [2.05, 4.69) is 5.32 Å². The number of hydrogen-bond donors (Lipinski definition) is 2. The number of carbonyl (C=O) groups is 2. The van der Waals surface area contributed by atoms with E-state index < -0.39 is 5.91 Å². The van der Waals surface area contributed by atoms with Crippen LogP contribution in [0.4, 0.5) is 5.69 Å². The van der Waals surface area contributed by atoms with Gasteiger partial charge in [0.25, 0.3) is 0 Å². The molecule has 0 saturated carbocycles. The van der Waals surface area contributed by atoms with Crippen molar-refractivity contribution >= 4 is 17.5 Å². The van der Waals surface area contributed by atoms with Crippen molar-refractivity contribution in [3.05, 3.63) is 30.3 Å². The SMILES string of the molecule is CC(C)CN(CC(N)=O)CC(=O)Nc1ccccc1. The van der Waals surface area contributed by atoms with Gasteiger partial charge in [-0.3, -0.25) is 14.5 Å². The first-order valence-corrected chi connectivity index (χ1v) is 6.33. The fraction of sp³-hybridized carbons (Fsp3) is 0.429. The molecule has 0 fully saturated rings. The predicted molar refractivity (Wildman–Crippen MR) is 75.5 cm³/mol. The lowest BCUT2D eigenvalue weighted by Gasteiger charge is -2.22. The van der Waals surface area contributed by atoms with Gasteiger partial charge in [-0.1, -0.05) is 32.0 Å². The Kier molecular flexibility index (Phi) is 6.02. The monoisotopic (exact) mass is 263 g/mol. The number of rotatable bonds is 7. The van der Waals surface area contributed by atoms with E-state index in [0.717, 1.165) is 5.69 Å². The summed E-state index contributed by atoms with van der Waals surface area (Å²) in [5.74, 6) is -0.204. The standard InChI is InChI=1S/C14H21N3O2/c1-11(2)8-17(9-13(15)18)10-14(19)16-12-6-4-3-5-7-12/h3-7,11H,8-10H2,1-2H3,(H2,15,18)(H,16,19). The van der Waals surface area contributed by atoms with E-state index in [1.807, 2.05) is 44.2 Å². The van der Waals surface area contributed by atoms with Crippen LogP contribution in [-0.4, -0.2) is 36.3 Å². The summed E-state index contributed by atoms with van der Waals surface area (Å²) in [4.78, 5) is 24.6. The van der Waals surface area contributed by atoms with Crippen LogP contribution >= 0.6 is 0 Å². The van der Waals surface area contributed by atoms with Crippen LogP contribution in [0.3, 0.4) is 0 Å². The van der Waals surface area contributed by atoms with Gasteiger partial charge in [-0.05, 0) is 18.1 Å². The van der Waals surface area contributed by atoms with Crippen LogP contribution in [0.15, 0.2) is 30.3 Å². The van der Waals surface area contributed by atoms with Crippen LogP contribution in [0.5, 0.6) is 0 Å². The second-order valence-electron chi connectivity index (χ2n) is 4.94. The van der Waals surface area contributed by atoms with Gasteiger partial charge in [-0.25, -0.2) is 0 Å². The Morgan fingerprint density at radius 1 is 1.21 bits per heavy atom. The minimum absolute atomic E-state index is 0.0976. The lowest BCUT2D eigenvalue weighted by Crippen LogP contribution is -2.41. The molecule has 0 aliphatic rings. The third kappa shape index (κ3) is 6.57. The minimum atomic E-state index is -0.423. The highest BCUT2D eigenvalue weighted by Gasteiger charge is 2.14. The molecule has 0 saturated heterocycles. The first-order chi connectivity index (χ1) is 8.97. The topological polar surface area (TPSA) is 75.4 Å². The first-order valence-electron chi connectivity index (χ1n) is 6.33. The number of nitrogens with zero attached hydrogens (tertiary/aromatic N) is 1. The fourth-order valence-corrected chi connectivity index (χ4v) is 1.85. The molecule has 5 nitrogen and oxygen atoms in total. The smallest absolute Gasteiger partial charge is 0.238 e. The highest BCUT2D eigenvalue weighted by Crippen LogP contribution is 2.05. The number of primary amides is 1. The van der Waals surface area contributed by atoms with Crippen molar-refractivity contribution in [3.63, 3.8) is 0 Å². The molecule has 0 aliphatic heterocycles. The molecule has 3 N–H and O–H groups in total. The van der Waals surface area contributed by atoms with Crippen molar-refractivity contribution in [1.82, 2.24) is 4.90 Å². The summed E-state index contributed by atoms with van der Waals surface area (Å²) in [6.07, 6.45) is 0. The summed E-state index contributed by atoms with van der Waals surface area (Å²) in [5.41, 5.74) is 5.93. The van der Waals surface area contributed by atoms with E-state index in [1.54, 1.807) is 4.90 Å². The maximum absolute atomic E-state index is 11.9. The number of nitrogens with one attached hydrogen (secondary N) is 1. The Morgan fingerprint density at radius 3 is 2.37 bits per heavy atom. The molecule has 104 valence electrons. The minimum Gasteiger partial charge on any atom is -0.369 e. The van der Waals surface area contributed by atoms with E-state index in [-0.39, 0.29) is 19.0 Å². The van der Waals surface area contributed by atoms with Crippen LogP contribution in [0, 0.1) is 5.92 Å². The lowest BCUT2D eigenvalue weighted by atomic mass is 10.2. The van der Waals surface area contributed by atoms with Crippen LogP contribution in [0.25, 0.3) is 0 Å².